The highest BCUT2D eigenvalue weighted by Crippen LogP contribution is 2.08. The van der Waals surface area contributed by atoms with E-state index in [-0.39, 0.29) is 10.9 Å². The van der Waals surface area contributed by atoms with E-state index in [1.165, 1.54) is 18.3 Å². The summed E-state index contributed by atoms with van der Waals surface area (Å²) in [4.78, 5) is 11.3. The van der Waals surface area contributed by atoms with Gasteiger partial charge in [-0.3, -0.25) is 0 Å². The minimum Gasteiger partial charge on any atom is -0.338 e. The number of amides is 2. The first-order valence-electron chi connectivity index (χ1n) is 5.71. The summed E-state index contributed by atoms with van der Waals surface area (Å²) in [6.45, 7) is 2.26. The van der Waals surface area contributed by atoms with Crippen molar-refractivity contribution in [1.82, 2.24) is 10.6 Å². The van der Waals surface area contributed by atoms with Gasteiger partial charge in [0.05, 0.1) is 4.90 Å². The molecule has 1 rings (SSSR count). The van der Waals surface area contributed by atoms with E-state index in [0.717, 1.165) is 5.56 Å². The highest BCUT2D eigenvalue weighted by Gasteiger charge is 2.06. The third-order valence-electron chi connectivity index (χ3n) is 2.33. The van der Waals surface area contributed by atoms with Crippen molar-refractivity contribution in [3.63, 3.8) is 0 Å². The largest absolute Gasteiger partial charge is 0.338 e. The van der Waals surface area contributed by atoms with Crippen molar-refractivity contribution in [2.45, 2.75) is 18.2 Å². The monoisotopic (exact) mass is 283 g/mol. The lowest BCUT2D eigenvalue weighted by Crippen LogP contribution is -2.33. The molecule has 0 aromatic heterocycles. The molecule has 0 heterocycles. The quantitative estimate of drug-likeness (QED) is 0.741. The summed E-state index contributed by atoms with van der Waals surface area (Å²) in [5.41, 5.74) is 0.915. The van der Waals surface area contributed by atoms with Gasteiger partial charge in [-0.25, -0.2) is 18.4 Å². The van der Waals surface area contributed by atoms with Crippen LogP contribution in [0.4, 0.5) is 4.79 Å². The zero-order valence-corrected chi connectivity index (χ0v) is 11.4. The Kier molecular flexibility index (Phi) is 5.53. The van der Waals surface area contributed by atoms with E-state index in [0.29, 0.717) is 13.0 Å². The molecule has 0 aliphatic heterocycles. The second kappa shape index (κ2) is 6.91. The van der Waals surface area contributed by atoms with Gasteiger partial charge in [0.15, 0.2) is 0 Å². The normalized spacial score (nSPS) is 11.5. The fourth-order valence-corrected chi connectivity index (χ4v) is 1.89. The molecule has 0 aliphatic carbocycles. The van der Waals surface area contributed by atoms with Gasteiger partial charge in [-0.05, 0) is 31.0 Å². The molecule has 0 saturated carbocycles. The Hall–Kier alpha value is -1.86. The van der Waals surface area contributed by atoms with Gasteiger partial charge < -0.3 is 10.6 Å². The molecule has 4 N–H and O–H groups in total. The fraction of sp³-hybridized carbons (Fsp3) is 0.250. The molecule has 19 heavy (non-hydrogen) atoms. The van der Waals surface area contributed by atoms with Crippen LogP contribution in [-0.4, -0.2) is 21.0 Å². The van der Waals surface area contributed by atoms with Gasteiger partial charge >= 0.3 is 6.03 Å². The summed E-state index contributed by atoms with van der Waals surface area (Å²) in [6.07, 6.45) is 3.86. The molecule has 0 aliphatic rings. The molecule has 1 aromatic carbocycles. The van der Waals surface area contributed by atoms with E-state index in [1.54, 1.807) is 25.1 Å². The number of primary sulfonamides is 1. The van der Waals surface area contributed by atoms with Crippen LogP contribution in [0.2, 0.25) is 0 Å². The predicted molar refractivity (Wildman–Crippen MR) is 72.9 cm³/mol. The minimum atomic E-state index is -3.65. The Morgan fingerprint density at radius 3 is 2.47 bits per heavy atom. The van der Waals surface area contributed by atoms with Crippen molar-refractivity contribution in [1.29, 1.82) is 0 Å². The molecular formula is C12H17N3O3S. The SMILES string of the molecule is C/C=C/NC(=O)NCCc1ccc(S(N)(=O)=O)cc1. The summed E-state index contributed by atoms with van der Waals surface area (Å²) in [5.74, 6) is 0. The van der Waals surface area contributed by atoms with Crippen molar-refractivity contribution in [2.75, 3.05) is 6.54 Å². The van der Waals surface area contributed by atoms with Gasteiger partial charge in [0.25, 0.3) is 0 Å². The second-order valence-corrected chi connectivity index (χ2v) is 5.40. The molecule has 104 valence electrons. The number of benzene rings is 1. The summed E-state index contributed by atoms with van der Waals surface area (Å²) in [6, 6.07) is 5.96. The van der Waals surface area contributed by atoms with Gasteiger partial charge in [0.1, 0.15) is 0 Å². The molecule has 0 bridgehead atoms. The average molecular weight is 283 g/mol. The minimum absolute atomic E-state index is 0.0787. The molecule has 0 fully saturated rings. The third-order valence-corrected chi connectivity index (χ3v) is 3.26. The molecule has 0 spiro atoms. The second-order valence-electron chi connectivity index (χ2n) is 3.84. The lowest BCUT2D eigenvalue weighted by molar-refractivity contribution is 0.244. The Balaban J connectivity index is 2.45. The number of hydrogen-bond acceptors (Lipinski definition) is 3. The van der Waals surface area contributed by atoms with Gasteiger partial charge in [0, 0.05) is 12.7 Å². The van der Waals surface area contributed by atoms with Crippen LogP contribution in [0.3, 0.4) is 0 Å². The van der Waals surface area contributed by atoms with Crippen LogP contribution in [0.25, 0.3) is 0 Å². The van der Waals surface area contributed by atoms with Crippen molar-refractivity contribution >= 4 is 16.1 Å². The van der Waals surface area contributed by atoms with Gasteiger partial charge in [-0.15, -0.1) is 0 Å². The first-order valence-corrected chi connectivity index (χ1v) is 7.25. The van der Waals surface area contributed by atoms with E-state index < -0.39 is 10.0 Å². The molecule has 7 heteroatoms. The lowest BCUT2D eigenvalue weighted by Gasteiger charge is -2.05. The topological polar surface area (TPSA) is 101 Å². The number of hydrogen-bond donors (Lipinski definition) is 3. The van der Waals surface area contributed by atoms with Crippen LogP contribution in [0.1, 0.15) is 12.5 Å². The number of allylic oxidation sites excluding steroid dienone is 1. The van der Waals surface area contributed by atoms with Crippen LogP contribution >= 0.6 is 0 Å². The van der Waals surface area contributed by atoms with Crippen LogP contribution < -0.4 is 15.8 Å². The molecule has 0 radical (unpaired) electrons. The summed E-state index contributed by atoms with van der Waals surface area (Å²) in [5, 5.41) is 10.2. The van der Waals surface area contributed by atoms with E-state index in [1.807, 2.05) is 0 Å². The van der Waals surface area contributed by atoms with Crippen LogP contribution in [0.15, 0.2) is 41.4 Å². The summed E-state index contributed by atoms with van der Waals surface area (Å²) >= 11 is 0. The molecule has 0 atom stereocenters. The molecule has 0 saturated heterocycles. The number of carbonyl (C=O) groups is 1. The van der Waals surface area contributed by atoms with Crippen molar-refractivity contribution in [3.8, 4) is 0 Å². The molecule has 1 aromatic rings. The molecule has 2 amide bonds. The highest BCUT2D eigenvalue weighted by molar-refractivity contribution is 7.89. The third kappa shape index (κ3) is 5.54. The highest BCUT2D eigenvalue weighted by atomic mass is 32.2. The van der Waals surface area contributed by atoms with E-state index in [4.69, 9.17) is 5.14 Å². The number of nitrogens with one attached hydrogen (secondary N) is 2. The first kappa shape index (κ1) is 15.2. The standard InChI is InChI=1S/C12H17N3O3S/c1-2-8-14-12(16)15-9-7-10-3-5-11(6-4-10)19(13,17)18/h2-6,8H,7,9H2,1H3,(H2,13,17,18)(H2,14,15,16)/b8-2+. The van der Waals surface area contributed by atoms with Gasteiger partial charge in [0.2, 0.25) is 10.0 Å². The molecule has 0 unspecified atom stereocenters. The van der Waals surface area contributed by atoms with E-state index in [9.17, 15) is 13.2 Å². The first-order chi connectivity index (χ1) is 8.93. The number of urea groups is 1. The van der Waals surface area contributed by atoms with Crippen molar-refractivity contribution in [2.24, 2.45) is 5.14 Å². The van der Waals surface area contributed by atoms with Crippen LogP contribution in [-0.2, 0) is 16.4 Å². The average Bonchev–Trinajstić information content (AvgIpc) is 2.36. The van der Waals surface area contributed by atoms with Crippen LogP contribution in [0, 0.1) is 0 Å². The Bertz CT molecular complexity index is 550. The number of nitrogens with two attached hydrogens (primary N) is 1. The fourth-order valence-electron chi connectivity index (χ4n) is 1.38. The van der Waals surface area contributed by atoms with Crippen molar-refractivity contribution in [3.05, 3.63) is 42.1 Å². The zero-order valence-electron chi connectivity index (χ0n) is 10.6. The van der Waals surface area contributed by atoms with Gasteiger partial charge in [-0.2, -0.15) is 0 Å². The number of carbonyl (C=O) groups excluding carboxylic acids is 1. The van der Waals surface area contributed by atoms with E-state index >= 15 is 0 Å². The maximum atomic E-state index is 11.2. The van der Waals surface area contributed by atoms with Crippen LogP contribution in [0.5, 0.6) is 0 Å². The Morgan fingerprint density at radius 2 is 1.95 bits per heavy atom. The van der Waals surface area contributed by atoms with E-state index in [2.05, 4.69) is 10.6 Å². The van der Waals surface area contributed by atoms with Crippen molar-refractivity contribution < 1.29 is 13.2 Å². The smallest absolute Gasteiger partial charge is 0.318 e. The Labute approximate surface area is 112 Å². The zero-order chi connectivity index (χ0) is 14.3. The maximum absolute atomic E-state index is 11.2. The number of rotatable bonds is 5. The summed E-state index contributed by atoms with van der Waals surface area (Å²) < 4.78 is 22.1. The number of sulfonamides is 1. The summed E-state index contributed by atoms with van der Waals surface area (Å²) in [7, 11) is -3.65. The molecule has 6 nitrogen and oxygen atoms in total. The van der Waals surface area contributed by atoms with Gasteiger partial charge in [-0.1, -0.05) is 18.2 Å². The Morgan fingerprint density at radius 1 is 1.32 bits per heavy atom. The maximum Gasteiger partial charge on any atom is 0.318 e. The lowest BCUT2D eigenvalue weighted by atomic mass is 10.1. The predicted octanol–water partition coefficient (Wildman–Crippen LogP) is 0.709. The molecular weight excluding hydrogens is 266 g/mol.